The fourth-order valence-electron chi connectivity index (χ4n) is 2.98. The average molecular weight is 436 g/mol. The Bertz CT molecular complexity index is 1170. The lowest BCUT2D eigenvalue weighted by Gasteiger charge is -2.15. The number of hydrogen-bond donors (Lipinski definition) is 2. The molecule has 0 radical (unpaired) electrons. The van der Waals surface area contributed by atoms with E-state index >= 15 is 0 Å². The van der Waals surface area contributed by atoms with Crippen LogP contribution in [0.3, 0.4) is 0 Å². The van der Waals surface area contributed by atoms with Gasteiger partial charge in [0.1, 0.15) is 0 Å². The van der Waals surface area contributed by atoms with Crippen molar-refractivity contribution in [2.75, 3.05) is 17.4 Å². The second-order valence-electron chi connectivity index (χ2n) is 7.07. The standard InChI is InChI=1S/C23H20N2O7/c1-13-5-6-15(10-17(13)25-22(27)19-4-3-9-29-19)23(28)32-14(2)21(26)24-16-7-8-18-20(11-16)31-12-30-18/h3-11,14H,12H2,1-2H3,(H,24,26)(H,25,27)/t14-/m0/s1. The molecule has 0 unspecified atom stereocenters. The van der Waals surface area contributed by atoms with Crippen molar-refractivity contribution >= 4 is 29.2 Å². The SMILES string of the molecule is Cc1ccc(C(=O)O[C@@H](C)C(=O)Nc2ccc3c(c2)OCO3)cc1NC(=O)c1ccco1. The zero-order valence-corrected chi connectivity index (χ0v) is 17.3. The number of esters is 1. The molecule has 9 heteroatoms. The average Bonchev–Trinajstić information content (AvgIpc) is 3.47. The van der Waals surface area contributed by atoms with Crippen LogP contribution in [-0.2, 0) is 9.53 Å². The number of fused-ring (bicyclic) bond motifs is 1. The van der Waals surface area contributed by atoms with E-state index in [0.29, 0.717) is 22.9 Å². The second kappa shape index (κ2) is 8.84. The maximum atomic E-state index is 12.6. The van der Waals surface area contributed by atoms with Crippen molar-refractivity contribution < 1.29 is 33.0 Å². The number of rotatable bonds is 6. The molecule has 0 aliphatic carbocycles. The van der Waals surface area contributed by atoms with Crippen LogP contribution in [0.4, 0.5) is 11.4 Å². The van der Waals surface area contributed by atoms with Gasteiger partial charge in [-0.2, -0.15) is 0 Å². The minimum atomic E-state index is -1.06. The quantitative estimate of drug-likeness (QED) is 0.565. The first-order chi connectivity index (χ1) is 15.4. The summed E-state index contributed by atoms with van der Waals surface area (Å²) in [7, 11) is 0. The molecule has 0 saturated carbocycles. The fraction of sp³-hybridized carbons (Fsp3) is 0.174. The molecule has 0 saturated heterocycles. The third-order valence-electron chi connectivity index (χ3n) is 4.76. The highest BCUT2D eigenvalue weighted by Gasteiger charge is 2.21. The number of carbonyl (C=O) groups is 3. The van der Waals surface area contributed by atoms with Gasteiger partial charge in [0.2, 0.25) is 6.79 Å². The van der Waals surface area contributed by atoms with Gasteiger partial charge < -0.3 is 29.3 Å². The molecule has 164 valence electrons. The number of anilines is 2. The first kappa shape index (κ1) is 21.0. The number of benzene rings is 2. The molecule has 0 spiro atoms. The lowest BCUT2D eigenvalue weighted by Crippen LogP contribution is -2.30. The van der Waals surface area contributed by atoms with Gasteiger partial charge in [0.05, 0.1) is 11.8 Å². The van der Waals surface area contributed by atoms with Crippen molar-refractivity contribution in [3.63, 3.8) is 0 Å². The Labute approximate surface area is 183 Å². The highest BCUT2D eigenvalue weighted by molar-refractivity contribution is 6.03. The van der Waals surface area contributed by atoms with E-state index in [9.17, 15) is 14.4 Å². The van der Waals surface area contributed by atoms with Gasteiger partial charge in [0, 0.05) is 17.4 Å². The van der Waals surface area contributed by atoms with Crippen LogP contribution in [0.1, 0.15) is 33.4 Å². The molecule has 2 heterocycles. The largest absolute Gasteiger partial charge is 0.459 e. The van der Waals surface area contributed by atoms with Crippen LogP contribution >= 0.6 is 0 Å². The fourth-order valence-corrected chi connectivity index (χ4v) is 2.98. The Morgan fingerprint density at radius 1 is 1.00 bits per heavy atom. The summed E-state index contributed by atoms with van der Waals surface area (Å²) >= 11 is 0. The molecule has 32 heavy (non-hydrogen) atoms. The lowest BCUT2D eigenvalue weighted by molar-refractivity contribution is -0.123. The highest BCUT2D eigenvalue weighted by atomic mass is 16.7. The van der Waals surface area contributed by atoms with Gasteiger partial charge in [0.25, 0.3) is 11.8 Å². The van der Waals surface area contributed by atoms with Crippen LogP contribution in [0.5, 0.6) is 11.5 Å². The van der Waals surface area contributed by atoms with E-state index in [4.69, 9.17) is 18.6 Å². The molecule has 2 aromatic carbocycles. The van der Waals surface area contributed by atoms with Crippen molar-refractivity contribution in [1.29, 1.82) is 0 Å². The van der Waals surface area contributed by atoms with Crippen LogP contribution in [0, 0.1) is 6.92 Å². The van der Waals surface area contributed by atoms with Crippen molar-refractivity contribution in [2.45, 2.75) is 20.0 Å². The predicted octanol–water partition coefficient (Wildman–Crippen LogP) is 3.75. The highest BCUT2D eigenvalue weighted by Crippen LogP contribution is 2.34. The van der Waals surface area contributed by atoms with E-state index in [1.807, 2.05) is 0 Å². The predicted molar refractivity (Wildman–Crippen MR) is 114 cm³/mol. The van der Waals surface area contributed by atoms with E-state index in [1.54, 1.807) is 43.3 Å². The topological polar surface area (TPSA) is 116 Å². The van der Waals surface area contributed by atoms with Crippen molar-refractivity contribution in [2.24, 2.45) is 0 Å². The Kier molecular flexibility index (Phi) is 5.80. The molecule has 9 nitrogen and oxygen atoms in total. The summed E-state index contributed by atoms with van der Waals surface area (Å²) in [4.78, 5) is 37.3. The minimum Gasteiger partial charge on any atom is -0.459 e. The molecule has 1 aromatic heterocycles. The zero-order valence-electron chi connectivity index (χ0n) is 17.3. The summed E-state index contributed by atoms with van der Waals surface area (Å²) in [5.74, 6) is -0.387. The Morgan fingerprint density at radius 3 is 2.59 bits per heavy atom. The molecule has 1 atom stereocenters. The molecule has 1 aliphatic rings. The molecule has 2 N–H and O–H groups in total. The Hall–Kier alpha value is -4.27. The number of aryl methyl sites for hydroxylation is 1. The van der Waals surface area contributed by atoms with E-state index < -0.39 is 23.9 Å². The van der Waals surface area contributed by atoms with Crippen molar-refractivity contribution in [3.8, 4) is 11.5 Å². The number of furan rings is 1. The maximum Gasteiger partial charge on any atom is 0.338 e. The number of hydrogen-bond acceptors (Lipinski definition) is 7. The van der Waals surface area contributed by atoms with Crippen LogP contribution in [0.15, 0.2) is 59.2 Å². The molecule has 0 bridgehead atoms. The van der Waals surface area contributed by atoms with E-state index in [1.165, 1.54) is 25.3 Å². The molecule has 1 aliphatic heterocycles. The van der Waals surface area contributed by atoms with Crippen molar-refractivity contribution in [3.05, 3.63) is 71.7 Å². The summed E-state index contributed by atoms with van der Waals surface area (Å²) in [5.41, 5.74) is 1.85. The number of carbonyl (C=O) groups excluding carboxylic acids is 3. The summed E-state index contributed by atoms with van der Waals surface area (Å²) in [6.45, 7) is 3.38. The third kappa shape index (κ3) is 4.56. The summed E-state index contributed by atoms with van der Waals surface area (Å²) < 4.78 is 20.9. The molecule has 0 fully saturated rings. The molecule has 4 rings (SSSR count). The molecule has 2 amide bonds. The summed E-state index contributed by atoms with van der Waals surface area (Å²) in [6, 6.07) is 12.8. The van der Waals surface area contributed by atoms with Gasteiger partial charge in [-0.05, 0) is 55.8 Å². The van der Waals surface area contributed by atoms with Gasteiger partial charge in [-0.1, -0.05) is 6.07 Å². The van der Waals surface area contributed by atoms with Gasteiger partial charge in [0.15, 0.2) is 23.4 Å². The van der Waals surface area contributed by atoms with Gasteiger partial charge in [-0.25, -0.2) is 4.79 Å². The van der Waals surface area contributed by atoms with Crippen LogP contribution in [-0.4, -0.2) is 30.7 Å². The minimum absolute atomic E-state index is 0.126. The lowest BCUT2D eigenvalue weighted by atomic mass is 10.1. The number of nitrogens with one attached hydrogen (secondary N) is 2. The second-order valence-corrected chi connectivity index (χ2v) is 7.07. The Morgan fingerprint density at radius 2 is 1.81 bits per heavy atom. The van der Waals surface area contributed by atoms with Crippen LogP contribution < -0.4 is 20.1 Å². The van der Waals surface area contributed by atoms with Gasteiger partial charge >= 0.3 is 5.97 Å². The smallest absolute Gasteiger partial charge is 0.338 e. The normalized spacial score (nSPS) is 12.7. The molecule has 3 aromatic rings. The maximum absolute atomic E-state index is 12.6. The summed E-state index contributed by atoms with van der Waals surface area (Å²) in [6.07, 6.45) is 0.335. The van der Waals surface area contributed by atoms with Gasteiger partial charge in [-0.15, -0.1) is 0 Å². The van der Waals surface area contributed by atoms with E-state index in [2.05, 4.69) is 10.6 Å². The molecular formula is C23H20N2O7. The van der Waals surface area contributed by atoms with Gasteiger partial charge in [-0.3, -0.25) is 9.59 Å². The van der Waals surface area contributed by atoms with E-state index in [0.717, 1.165) is 5.56 Å². The third-order valence-corrected chi connectivity index (χ3v) is 4.76. The Balaban J connectivity index is 1.39. The first-order valence-corrected chi connectivity index (χ1v) is 9.78. The number of ether oxygens (including phenoxy) is 3. The van der Waals surface area contributed by atoms with E-state index in [-0.39, 0.29) is 18.1 Å². The zero-order chi connectivity index (χ0) is 22.7. The monoisotopic (exact) mass is 436 g/mol. The molecular weight excluding hydrogens is 416 g/mol. The van der Waals surface area contributed by atoms with Crippen molar-refractivity contribution in [1.82, 2.24) is 0 Å². The first-order valence-electron chi connectivity index (χ1n) is 9.78. The van der Waals surface area contributed by atoms with Crippen LogP contribution in [0.25, 0.3) is 0 Å². The summed E-state index contributed by atoms with van der Waals surface area (Å²) in [5, 5.41) is 5.37. The van der Waals surface area contributed by atoms with Crippen LogP contribution in [0.2, 0.25) is 0 Å². The number of amides is 2.